The fourth-order valence-electron chi connectivity index (χ4n) is 1.45. The molecule has 1 heterocycles. The Hall–Kier alpha value is -1.18. The molecule has 0 spiro atoms. The van der Waals surface area contributed by atoms with Gasteiger partial charge in [-0.15, -0.1) is 0 Å². The van der Waals surface area contributed by atoms with E-state index in [0.29, 0.717) is 6.42 Å². The Morgan fingerprint density at radius 2 is 1.81 bits per heavy atom. The Labute approximate surface area is 92.0 Å². The van der Waals surface area contributed by atoms with Crippen molar-refractivity contribution < 1.29 is 29.6 Å². The maximum Gasteiger partial charge on any atom is 0.332 e. The summed E-state index contributed by atoms with van der Waals surface area (Å²) in [5.41, 5.74) is 0. The van der Waals surface area contributed by atoms with Crippen LogP contribution in [0.4, 0.5) is 0 Å². The molecule has 0 radical (unpaired) electrons. The lowest BCUT2D eigenvalue weighted by Crippen LogP contribution is -2.45. The van der Waals surface area contributed by atoms with Gasteiger partial charge in [0.05, 0.1) is 19.3 Å². The van der Waals surface area contributed by atoms with Crippen LogP contribution in [0, 0.1) is 0 Å². The molecule has 1 aliphatic heterocycles. The number of hydrogen-bond donors (Lipinski definition) is 4. The highest BCUT2D eigenvalue weighted by Crippen LogP contribution is 2.19. The normalized spacial score (nSPS) is 24.7. The Balaban J connectivity index is 2.41. The number of carboxylic acids is 1. The number of amides is 1. The Morgan fingerprint density at radius 1 is 1.25 bits per heavy atom. The van der Waals surface area contributed by atoms with Gasteiger partial charge < -0.3 is 25.4 Å². The molecule has 0 bridgehead atoms. The van der Waals surface area contributed by atoms with Gasteiger partial charge in [-0.1, -0.05) is 0 Å². The molecule has 0 aromatic carbocycles. The number of hydrogen-bond acceptors (Lipinski definition) is 5. The minimum Gasteiger partial charge on any atom is -0.479 e. The summed E-state index contributed by atoms with van der Waals surface area (Å²) in [5, 5.41) is 28.5. The zero-order valence-corrected chi connectivity index (χ0v) is 8.63. The van der Waals surface area contributed by atoms with Crippen molar-refractivity contribution >= 4 is 11.9 Å². The summed E-state index contributed by atoms with van der Waals surface area (Å²) in [7, 11) is 0. The fourth-order valence-corrected chi connectivity index (χ4v) is 1.45. The van der Waals surface area contributed by atoms with Gasteiger partial charge in [0.1, 0.15) is 6.10 Å². The van der Waals surface area contributed by atoms with Gasteiger partial charge in [0.15, 0.2) is 6.10 Å². The summed E-state index contributed by atoms with van der Waals surface area (Å²) in [5.74, 6) is -1.59. The number of aliphatic hydroxyl groups excluding tert-OH is 2. The first kappa shape index (κ1) is 12.9. The highest BCUT2D eigenvalue weighted by molar-refractivity contribution is 5.82. The van der Waals surface area contributed by atoms with Gasteiger partial charge in [-0.25, -0.2) is 4.79 Å². The van der Waals surface area contributed by atoms with Crippen LogP contribution >= 0.6 is 0 Å². The van der Waals surface area contributed by atoms with Gasteiger partial charge in [0, 0.05) is 0 Å². The van der Waals surface area contributed by atoms with E-state index in [1.54, 1.807) is 0 Å². The number of aliphatic carboxylic acids is 1. The molecule has 92 valence electrons. The van der Waals surface area contributed by atoms with E-state index in [1.807, 2.05) is 0 Å². The number of carbonyl (C=O) groups excluding carboxylic acids is 1. The molecule has 2 unspecified atom stereocenters. The molecule has 0 aliphatic carbocycles. The lowest BCUT2D eigenvalue weighted by atomic mass is 10.2. The maximum atomic E-state index is 11.5. The maximum absolute atomic E-state index is 11.5. The van der Waals surface area contributed by atoms with Crippen LogP contribution in [-0.2, 0) is 14.3 Å². The number of aliphatic hydroxyl groups is 2. The van der Waals surface area contributed by atoms with E-state index in [-0.39, 0.29) is 19.6 Å². The van der Waals surface area contributed by atoms with Gasteiger partial charge in [0.25, 0.3) is 0 Å². The molecule has 1 saturated heterocycles. The third-order valence-electron chi connectivity index (χ3n) is 2.37. The van der Waals surface area contributed by atoms with Crippen LogP contribution in [0.25, 0.3) is 0 Å². The van der Waals surface area contributed by atoms with Crippen molar-refractivity contribution in [2.75, 3.05) is 13.2 Å². The van der Waals surface area contributed by atoms with Gasteiger partial charge in [0.2, 0.25) is 5.91 Å². The topological polar surface area (TPSA) is 116 Å². The quantitative estimate of drug-likeness (QED) is 0.440. The van der Waals surface area contributed by atoms with Crippen molar-refractivity contribution in [3.63, 3.8) is 0 Å². The first-order valence-corrected chi connectivity index (χ1v) is 4.98. The van der Waals surface area contributed by atoms with Crippen molar-refractivity contribution in [1.82, 2.24) is 5.32 Å². The van der Waals surface area contributed by atoms with Crippen molar-refractivity contribution in [3.05, 3.63) is 0 Å². The molecule has 16 heavy (non-hydrogen) atoms. The Bertz CT molecular complexity index is 265. The second kappa shape index (κ2) is 5.78. The molecule has 1 amide bonds. The average Bonchev–Trinajstić information content (AvgIpc) is 2.74. The molecule has 7 nitrogen and oxygen atoms in total. The average molecular weight is 233 g/mol. The molecule has 2 atom stereocenters. The monoisotopic (exact) mass is 233 g/mol. The number of carboxylic acid groups (broad SMARTS) is 1. The second-order valence-electron chi connectivity index (χ2n) is 3.60. The zero-order valence-electron chi connectivity index (χ0n) is 8.63. The smallest absolute Gasteiger partial charge is 0.332 e. The first-order valence-electron chi connectivity index (χ1n) is 4.98. The van der Waals surface area contributed by atoms with Crippen LogP contribution in [0.1, 0.15) is 12.8 Å². The lowest BCUT2D eigenvalue weighted by Gasteiger charge is -2.16. The van der Waals surface area contributed by atoms with E-state index in [0.717, 1.165) is 0 Å². The summed E-state index contributed by atoms with van der Waals surface area (Å²) in [6.07, 6.45) is -1.15. The van der Waals surface area contributed by atoms with Crippen LogP contribution in [0.3, 0.4) is 0 Å². The van der Waals surface area contributed by atoms with E-state index < -0.39 is 30.1 Å². The zero-order chi connectivity index (χ0) is 12.1. The summed E-state index contributed by atoms with van der Waals surface area (Å²) in [4.78, 5) is 22.1. The molecule has 0 aromatic rings. The SMILES string of the molecule is O=C(O)C1CCC(C(=O)NC(CO)CO)O1. The molecule has 1 fully saturated rings. The highest BCUT2D eigenvalue weighted by atomic mass is 16.5. The van der Waals surface area contributed by atoms with Crippen molar-refractivity contribution in [2.45, 2.75) is 31.1 Å². The van der Waals surface area contributed by atoms with Gasteiger partial charge >= 0.3 is 5.97 Å². The van der Waals surface area contributed by atoms with Gasteiger partial charge in [-0.05, 0) is 12.8 Å². The molecular formula is C9H15NO6. The van der Waals surface area contributed by atoms with Gasteiger partial charge in [-0.2, -0.15) is 0 Å². The van der Waals surface area contributed by atoms with E-state index in [1.165, 1.54) is 0 Å². The summed E-state index contributed by atoms with van der Waals surface area (Å²) >= 11 is 0. The van der Waals surface area contributed by atoms with E-state index >= 15 is 0 Å². The third kappa shape index (κ3) is 3.16. The Kier molecular flexibility index (Phi) is 4.66. The summed E-state index contributed by atoms with van der Waals surface area (Å²) in [6.45, 7) is -0.755. The highest BCUT2D eigenvalue weighted by Gasteiger charge is 2.35. The minimum absolute atomic E-state index is 0.288. The van der Waals surface area contributed by atoms with Gasteiger partial charge in [-0.3, -0.25) is 4.79 Å². The Morgan fingerprint density at radius 3 is 2.25 bits per heavy atom. The number of carbonyl (C=O) groups is 2. The molecule has 1 rings (SSSR count). The molecule has 7 heteroatoms. The van der Waals surface area contributed by atoms with Crippen molar-refractivity contribution in [1.29, 1.82) is 0 Å². The predicted molar refractivity (Wildman–Crippen MR) is 51.6 cm³/mol. The minimum atomic E-state index is -1.09. The van der Waals surface area contributed by atoms with E-state index in [4.69, 9.17) is 20.1 Å². The lowest BCUT2D eigenvalue weighted by molar-refractivity contribution is -0.152. The molecule has 1 aliphatic rings. The van der Waals surface area contributed by atoms with E-state index in [2.05, 4.69) is 5.32 Å². The summed E-state index contributed by atoms with van der Waals surface area (Å²) in [6, 6.07) is -0.736. The molecular weight excluding hydrogens is 218 g/mol. The first-order chi connectivity index (χ1) is 7.58. The van der Waals surface area contributed by atoms with Crippen LogP contribution < -0.4 is 5.32 Å². The van der Waals surface area contributed by atoms with Crippen LogP contribution in [-0.4, -0.2) is 58.7 Å². The third-order valence-corrected chi connectivity index (χ3v) is 2.37. The summed E-state index contributed by atoms with van der Waals surface area (Å²) < 4.78 is 5.00. The van der Waals surface area contributed by atoms with Crippen LogP contribution in [0.2, 0.25) is 0 Å². The molecule has 0 saturated carbocycles. The number of ether oxygens (including phenoxy) is 1. The van der Waals surface area contributed by atoms with E-state index in [9.17, 15) is 9.59 Å². The largest absolute Gasteiger partial charge is 0.479 e. The van der Waals surface area contributed by atoms with Crippen LogP contribution in [0.5, 0.6) is 0 Å². The molecule has 0 aromatic heterocycles. The number of rotatable bonds is 5. The molecule has 4 N–H and O–H groups in total. The second-order valence-corrected chi connectivity index (χ2v) is 3.60. The van der Waals surface area contributed by atoms with Crippen molar-refractivity contribution in [2.24, 2.45) is 0 Å². The van der Waals surface area contributed by atoms with Crippen molar-refractivity contribution in [3.8, 4) is 0 Å². The predicted octanol–water partition coefficient (Wildman–Crippen LogP) is -1.91. The standard InChI is InChI=1S/C9H15NO6/c11-3-5(4-12)10-8(13)6-1-2-7(16-6)9(14)15/h5-7,11-12H,1-4H2,(H,10,13)(H,14,15). The fraction of sp³-hybridized carbons (Fsp3) is 0.778. The number of nitrogens with one attached hydrogen (secondary N) is 1. The van der Waals surface area contributed by atoms with Crippen LogP contribution in [0.15, 0.2) is 0 Å².